The number of nitrogens with one attached hydrogen (secondary N) is 2. The quantitative estimate of drug-likeness (QED) is 0.501. The van der Waals surface area contributed by atoms with Crippen molar-refractivity contribution in [3.05, 3.63) is 101 Å². The predicted octanol–water partition coefficient (Wildman–Crippen LogP) is 4.38. The molecule has 0 fully saturated rings. The van der Waals surface area contributed by atoms with Gasteiger partial charge in [-0.2, -0.15) is 0 Å². The fourth-order valence-corrected chi connectivity index (χ4v) is 2.98. The van der Waals surface area contributed by atoms with Crippen LogP contribution in [0.25, 0.3) is 23.1 Å². The molecule has 2 amide bonds. The van der Waals surface area contributed by atoms with Gasteiger partial charge in [-0.05, 0) is 48.9 Å². The molecule has 0 unspecified atom stereocenters. The normalized spacial score (nSPS) is 11.0. The van der Waals surface area contributed by atoms with E-state index in [1.165, 1.54) is 6.26 Å². The molecule has 0 saturated carbocycles. The number of nitrogens with zero attached hydrogens (tertiary/aromatic N) is 1. The standard InChI is InChI=1S/C24H19N3O3/c1-16-21(14-15-30-16)24(29)27-26-23(28)19-9-6-17(7-10-19)8-12-20-13-11-18-4-2-3-5-22(18)25-20/h2-15H,1H3,(H,26,28)(H,27,29). The minimum Gasteiger partial charge on any atom is -0.469 e. The highest BCUT2D eigenvalue weighted by molar-refractivity contribution is 5.99. The van der Waals surface area contributed by atoms with Gasteiger partial charge >= 0.3 is 0 Å². The van der Waals surface area contributed by atoms with Crippen molar-refractivity contribution in [1.29, 1.82) is 0 Å². The van der Waals surface area contributed by atoms with E-state index in [1.54, 1.807) is 25.1 Å². The molecule has 148 valence electrons. The van der Waals surface area contributed by atoms with Crippen molar-refractivity contribution in [1.82, 2.24) is 15.8 Å². The van der Waals surface area contributed by atoms with Gasteiger partial charge in [0.2, 0.25) is 0 Å². The first-order chi connectivity index (χ1) is 14.6. The van der Waals surface area contributed by atoms with Crippen molar-refractivity contribution in [3.63, 3.8) is 0 Å². The SMILES string of the molecule is Cc1occc1C(=O)NNC(=O)c1ccc(C=Cc2ccc3ccccc3n2)cc1. The number of hydrogen-bond acceptors (Lipinski definition) is 4. The van der Waals surface area contributed by atoms with Crippen LogP contribution in [0.15, 0.2) is 77.4 Å². The molecule has 2 aromatic heterocycles. The monoisotopic (exact) mass is 397 g/mol. The molecule has 0 spiro atoms. The van der Waals surface area contributed by atoms with Gasteiger partial charge in [-0.25, -0.2) is 4.98 Å². The Hall–Kier alpha value is -4.19. The smallest absolute Gasteiger partial charge is 0.273 e. The molecular weight excluding hydrogens is 378 g/mol. The first kappa shape index (κ1) is 19.1. The molecule has 0 radical (unpaired) electrons. The summed E-state index contributed by atoms with van der Waals surface area (Å²) in [4.78, 5) is 28.9. The molecular formula is C24H19N3O3. The van der Waals surface area contributed by atoms with Gasteiger partial charge in [0.15, 0.2) is 0 Å². The minimum absolute atomic E-state index is 0.373. The summed E-state index contributed by atoms with van der Waals surface area (Å²) < 4.78 is 5.08. The zero-order valence-corrected chi connectivity index (χ0v) is 16.3. The third-order valence-electron chi connectivity index (χ3n) is 4.63. The zero-order chi connectivity index (χ0) is 20.9. The number of fused-ring (bicyclic) bond motifs is 1. The molecule has 0 aliphatic carbocycles. The number of hydrazine groups is 1. The summed E-state index contributed by atoms with van der Waals surface area (Å²) in [5.41, 5.74) is 8.31. The van der Waals surface area contributed by atoms with Crippen LogP contribution in [0.1, 0.15) is 37.7 Å². The maximum Gasteiger partial charge on any atom is 0.273 e. The van der Waals surface area contributed by atoms with E-state index in [0.717, 1.165) is 22.2 Å². The molecule has 6 nitrogen and oxygen atoms in total. The Balaban J connectivity index is 1.38. The highest BCUT2D eigenvalue weighted by atomic mass is 16.3. The van der Waals surface area contributed by atoms with Crippen LogP contribution in [0, 0.1) is 6.92 Å². The molecule has 2 N–H and O–H groups in total. The lowest BCUT2D eigenvalue weighted by Gasteiger charge is -2.07. The number of para-hydroxylation sites is 1. The molecule has 0 saturated heterocycles. The van der Waals surface area contributed by atoms with Crippen LogP contribution in [0.4, 0.5) is 0 Å². The van der Waals surface area contributed by atoms with Crippen LogP contribution in [0.2, 0.25) is 0 Å². The molecule has 30 heavy (non-hydrogen) atoms. The Labute approximate surface area is 173 Å². The molecule has 0 aliphatic rings. The Morgan fingerprint density at radius 1 is 0.867 bits per heavy atom. The van der Waals surface area contributed by atoms with Gasteiger partial charge in [-0.1, -0.05) is 42.5 Å². The topological polar surface area (TPSA) is 84.2 Å². The summed E-state index contributed by atoms with van der Waals surface area (Å²) in [6, 6.07) is 20.5. The molecule has 6 heteroatoms. The van der Waals surface area contributed by atoms with Crippen LogP contribution in [-0.4, -0.2) is 16.8 Å². The molecule has 0 aliphatic heterocycles. The summed E-state index contributed by atoms with van der Waals surface area (Å²) in [5, 5.41) is 1.10. The van der Waals surface area contributed by atoms with E-state index >= 15 is 0 Å². The second kappa shape index (κ2) is 8.45. The Bertz CT molecular complexity index is 1240. The first-order valence-corrected chi connectivity index (χ1v) is 9.39. The highest BCUT2D eigenvalue weighted by Gasteiger charge is 2.12. The van der Waals surface area contributed by atoms with Crippen LogP contribution >= 0.6 is 0 Å². The lowest BCUT2D eigenvalue weighted by atomic mass is 10.1. The summed E-state index contributed by atoms with van der Waals surface area (Å²) in [7, 11) is 0. The Kier molecular flexibility index (Phi) is 5.39. The summed E-state index contributed by atoms with van der Waals surface area (Å²) in [5.74, 6) is -0.355. The minimum atomic E-state index is -0.433. The van der Waals surface area contributed by atoms with E-state index < -0.39 is 11.8 Å². The number of benzene rings is 2. The molecule has 4 aromatic rings. The lowest BCUT2D eigenvalue weighted by Crippen LogP contribution is -2.41. The van der Waals surface area contributed by atoms with Gasteiger partial charge in [0, 0.05) is 10.9 Å². The Morgan fingerprint density at radius 2 is 1.63 bits per heavy atom. The molecule has 2 heterocycles. The van der Waals surface area contributed by atoms with E-state index in [1.807, 2.05) is 60.7 Å². The summed E-state index contributed by atoms with van der Waals surface area (Å²) in [6.07, 6.45) is 5.28. The van der Waals surface area contributed by atoms with Crippen LogP contribution < -0.4 is 10.9 Å². The zero-order valence-electron chi connectivity index (χ0n) is 16.3. The number of furan rings is 1. The molecule has 0 atom stereocenters. The third-order valence-corrected chi connectivity index (χ3v) is 4.63. The molecule has 4 rings (SSSR count). The first-order valence-electron chi connectivity index (χ1n) is 9.39. The maximum absolute atomic E-state index is 12.2. The number of amides is 2. The van der Waals surface area contributed by atoms with Crippen molar-refractivity contribution in [3.8, 4) is 0 Å². The predicted molar refractivity (Wildman–Crippen MR) is 115 cm³/mol. The van der Waals surface area contributed by atoms with Gasteiger partial charge in [-0.15, -0.1) is 0 Å². The largest absolute Gasteiger partial charge is 0.469 e. The van der Waals surface area contributed by atoms with Crippen molar-refractivity contribution >= 4 is 34.9 Å². The number of aryl methyl sites for hydroxylation is 1. The van der Waals surface area contributed by atoms with E-state index in [-0.39, 0.29) is 0 Å². The van der Waals surface area contributed by atoms with E-state index in [4.69, 9.17) is 4.42 Å². The Morgan fingerprint density at radius 3 is 2.40 bits per heavy atom. The highest BCUT2D eigenvalue weighted by Crippen LogP contribution is 2.14. The van der Waals surface area contributed by atoms with Gasteiger partial charge in [0.25, 0.3) is 11.8 Å². The molecule has 0 bridgehead atoms. The number of carbonyl (C=O) groups excluding carboxylic acids is 2. The number of pyridine rings is 1. The second-order valence-electron chi connectivity index (χ2n) is 6.68. The van der Waals surface area contributed by atoms with Crippen molar-refractivity contribution in [2.24, 2.45) is 0 Å². The number of rotatable bonds is 4. The third kappa shape index (κ3) is 4.28. The van der Waals surface area contributed by atoms with E-state index in [0.29, 0.717) is 16.9 Å². The average Bonchev–Trinajstić information content (AvgIpc) is 3.22. The fraction of sp³-hybridized carbons (Fsp3) is 0.0417. The second-order valence-corrected chi connectivity index (χ2v) is 6.68. The van der Waals surface area contributed by atoms with Gasteiger partial charge in [0.05, 0.1) is 23.0 Å². The van der Waals surface area contributed by atoms with Crippen molar-refractivity contribution in [2.45, 2.75) is 6.92 Å². The van der Waals surface area contributed by atoms with Crippen LogP contribution in [-0.2, 0) is 0 Å². The van der Waals surface area contributed by atoms with E-state index in [2.05, 4.69) is 15.8 Å². The summed E-state index contributed by atoms with van der Waals surface area (Å²) in [6.45, 7) is 1.68. The van der Waals surface area contributed by atoms with Crippen LogP contribution in [0.3, 0.4) is 0 Å². The molecule has 2 aromatic carbocycles. The maximum atomic E-state index is 12.2. The number of aromatic nitrogens is 1. The average molecular weight is 397 g/mol. The summed E-state index contributed by atoms with van der Waals surface area (Å²) >= 11 is 0. The number of hydrogen-bond donors (Lipinski definition) is 2. The van der Waals surface area contributed by atoms with Gasteiger partial charge in [0.1, 0.15) is 5.76 Å². The number of carbonyl (C=O) groups is 2. The fourth-order valence-electron chi connectivity index (χ4n) is 2.98. The van der Waals surface area contributed by atoms with Crippen molar-refractivity contribution < 1.29 is 14.0 Å². The van der Waals surface area contributed by atoms with Gasteiger partial charge < -0.3 is 4.42 Å². The van der Waals surface area contributed by atoms with Gasteiger partial charge in [-0.3, -0.25) is 20.4 Å². The van der Waals surface area contributed by atoms with Crippen LogP contribution in [0.5, 0.6) is 0 Å². The van der Waals surface area contributed by atoms with E-state index in [9.17, 15) is 9.59 Å². The lowest BCUT2D eigenvalue weighted by molar-refractivity contribution is 0.0845. The van der Waals surface area contributed by atoms with Crippen molar-refractivity contribution in [2.75, 3.05) is 0 Å².